The predicted molar refractivity (Wildman–Crippen MR) is 92.3 cm³/mol. The van der Waals surface area contributed by atoms with Gasteiger partial charge in [0.25, 0.3) is 0 Å². The van der Waals surface area contributed by atoms with E-state index in [0.717, 1.165) is 16.9 Å². The highest BCUT2D eigenvalue weighted by Gasteiger charge is 2.20. The van der Waals surface area contributed by atoms with Gasteiger partial charge in [-0.05, 0) is 41.7 Å². The van der Waals surface area contributed by atoms with Crippen LogP contribution in [0, 0.1) is 6.92 Å². The smallest absolute Gasteiger partial charge is 0.241 e. The lowest BCUT2D eigenvalue weighted by atomic mass is 10.0. The minimum atomic E-state index is -3.58. The van der Waals surface area contributed by atoms with Gasteiger partial charge in [-0.2, -0.15) is 0 Å². The zero-order chi connectivity index (χ0) is 17.0. The molecule has 0 saturated heterocycles. The molecule has 23 heavy (non-hydrogen) atoms. The van der Waals surface area contributed by atoms with E-state index in [2.05, 4.69) is 4.72 Å². The Morgan fingerprint density at radius 2 is 1.78 bits per heavy atom. The summed E-state index contributed by atoms with van der Waals surface area (Å²) in [5, 5.41) is 0. The second-order valence-electron chi connectivity index (χ2n) is 5.82. The third-order valence-corrected chi connectivity index (χ3v) is 5.29. The molecule has 0 fully saturated rings. The zero-order valence-corrected chi connectivity index (χ0v) is 14.8. The number of nitrogens with one attached hydrogen (secondary N) is 1. The molecule has 2 aromatic rings. The number of methoxy groups -OCH3 is 1. The number of ether oxygens (including phenoxy) is 1. The van der Waals surface area contributed by atoms with Gasteiger partial charge in [0.1, 0.15) is 5.75 Å². The van der Waals surface area contributed by atoms with Crippen molar-refractivity contribution in [2.24, 2.45) is 0 Å². The number of sulfonamides is 1. The van der Waals surface area contributed by atoms with Crippen LogP contribution in [0.2, 0.25) is 0 Å². The molecule has 0 saturated carbocycles. The molecule has 0 bridgehead atoms. The highest BCUT2D eigenvalue weighted by Crippen LogP contribution is 2.31. The molecule has 2 aromatic carbocycles. The van der Waals surface area contributed by atoms with Gasteiger partial charge in [-0.3, -0.25) is 0 Å². The Balaban J connectivity index is 2.33. The monoisotopic (exact) mass is 333 g/mol. The molecule has 0 unspecified atom stereocenters. The van der Waals surface area contributed by atoms with Crippen LogP contribution in [0.3, 0.4) is 0 Å². The van der Waals surface area contributed by atoms with Crippen molar-refractivity contribution in [1.82, 2.24) is 4.72 Å². The SMILES string of the molecule is COc1cc(C)c(S(=O)(=O)NCc2ccccc2)cc1C(C)C. The van der Waals surface area contributed by atoms with Crippen molar-refractivity contribution in [3.05, 3.63) is 59.2 Å². The molecule has 0 radical (unpaired) electrons. The highest BCUT2D eigenvalue weighted by molar-refractivity contribution is 7.89. The second kappa shape index (κ2) is 7.15. The van der Waals surface area contributed by atoms with E-state index in [0.29, 0.717) is 10.5 Å². The first-order valence-corrected chi connectivity index (χ1v) is 9.05. The van der Waals surface area contributed by atoms with Crippen molar-refractivity contribution in [3.63, 3.8) is 0 Å². The van der Waals surface area contributed by atoms with E-state index in [1.165, 1.54) is 0 Å². The summed E-state index contributed by atoms with van der Waals surface area (Å²) in [5.74, 6) is 0.896. The van der Waals surface area contributed by atoms with Gasteiger partial charge in [-0.15, -0.1) is 0 Å². The van der Waals surface area contributed by atoms with Crippen molar-refractivity contribution in [3.8, 4) is 5.75 Å². The summed E-state index contributed by atoms with van der Waals surface area (Å²) in [7, 11) is -1.98. The van der Waals surface area contributed by atoms with Gasteiger partial charge >= 0.3 is 0 Å². The molecule has 0 amide bonds. The molecule has 0 spiro atoms. The van der Waals surface area contributed by atoms with Crippen LogP contribution in [0.1, 0.15) is 36.5 Å². The van der Waals surface area contributed by atoms with E-state index in [9.17, 15) is 8.42 Å². The summed E-state index contributed by atoms with van der Waals surface area (Å²) in [4.78, 5) is 0.304. The number of rotatable bonds is 6. The molecule has 1 N–H and O–H groups in total. The van der Waals surface area contributed by atoms with E-state index in [4.69, 9.17) is 4.74 Å². The molecule has 0 heterocycles. The van der Waals surface area contributed by atoms with Crippen LogP contribution in [-0.4, -0.2) is 15.5 Å². The average molecular weight is 333 g/mol. The molecule has 0 aliphatic heterocycles. The van der Waals surface area contributed by atoms with Crippen LogP contribution in [0.5, 0.6) is 5.75 Å². The Hall–Kier alpha value is -1.85. The number of hydrogen-bond acceptors (Lipinski definition) is 3. The Kier molecular flexibility index (Phi) is 5.44. The van der Waals surface area contributed by atoms with Crippen molar-refractivity contribution in [1.29, 1.82) is 0 Å². The highest BCUT2D eigenvalue weighted by atomic mass is 32.2. The maximum absolute atomic E-state index is 12.6. The molecule has 4 nitrogen and oxygen atoms in total. The zero-order valence-electron chi connectivity index (χ0n) is 14.0. The molecule has 0 aliphatic rings. The largest absolute Gasteiger partial charge is 0.496 e. The summed E-state index contributed by atoms with van der Waals surface area (Å²) >= 11 is 0. The molecule has 5 heteroatoms. The van der Waals surface area contributed by atoms with Crippen molar-refractivity contribution in [2.45, 2.75) is 38.1 Å². The number of benzene rings is 2. The normalized spacial score (nSPS) is 11.7. The fraction of sp³-hybridized carbons (Fsp3) is 0.333. The van der Waals surface area contributed by atoms with Gasteiger partial charge in [0, 0.05) is 6.54 Å². The molecule has 2 rings (SSSR count). The van der Waals surface area contributed by atoms with Crippen LogP contribution >= 0.6 is 0 Å². The number of hydrogen-bond donors (Lipinski definition) is 1. The minimum Gasteiger partial charge on any atom is -0.496 e. The van der Waals surface area contributed by atoms with Crippen molar-refractivity contribution >= 4 is 10.0 Å². The van der Waals surface area contributed by atoms with E-state index in [1.807, 2.05) is 44.2 Å². The van der Waals surface area contributed by atoms with E-state index < -0.39 is 10.0 Å². The molecular weight excluding hydrogens is 310 g/mol. The lowest BCUT2D eigenvalue weighted by molar-refractivity contribution is 0.406. The van der Waals surface area contributed by atoms with Gasteiger partial charge in [0.15, 0.2) is 0 Å². The topological polar surface area (TPSA) is 55.4 Å². The van der Waals surface area contributed by atoms with Gasteiger partial charge in [0.2, 0.25) is 10.0 Å². The molecule has 0 aromatic heterocycles. The fourth-order valence-corrected chi connectivity index (χ4v) is 3.72. The average Bonchev–Trinajstić information content (AvgIpc) is 2.53. The maximum atomic E-state index is 12.6. The predicted octanol–water partition coefficient (Wildman–Crippen LogP) is 3.61. The Morgan fingerprint density at radius 3 is 2.35 bits per heavy atom. The summed E-state index contributed by atoms with van der Waals surface area (Å²) < 4.78 is 33.3. The van der Waals surface area contributed by atoms with Crippen LogP contribution in [0.4, 0.5) is 0 Å². The van der Waals surface area contributed by atoms with Gasteiger partial charge in [0.05, 0.1) is 12.0 Å². The maximum Gasteiger partial charge on any atom is 0.241 e. The quantitative estimate of drug-likeness (QED) is 0.878. The van der Waals surface area contributed by atoms with E-state index >= 15 is 0 Å². The van der Waals surface area contributed by atoms with E-state index in [-0.39, 0.29) is 12.5 Å². The van der Waals surface area contributed by atoms with Crippen LogP contribution in [-0.2, 0) is 16.6 Å². The Labute approximate surface area is 138 Å². The summed E-state index contributed by atoms with van der Waals surface area (Å²) in [5.41, 5.74) is 2.48. The van der Waals surface area contributed by atoms with Gasteiger partial charge in [-0.25, -0.2) is 13.1 Å². The first kappa shape index (κ1) is 17.5. The third-order valence-electron chi connectivity index (χ3n) is 3.75. The van der Waals surface area contributed by atoms with Crippen molar-refractivity contribution < 1.29 is 13.2 Å². The summed E-state index contributed by atoms with van der Waals surface area (Å²) in [6, 6.07) is 13.0. The van der Waals surface area contributed by atoms with Crippen LogP contribution in [0.15, 0.2) is 47.4 Å². The molecular formula is C18H23NO3S. The van der Waals surface area contributed by atoms with Crippen LogP contribution < -0.4 is 9.46 Å². The molecule has 124 valence electrons. The van der Waals surface area contributed by atoms with E-state index in [1.54, 1.807) is 26.2 Å². The number of aryl methyl sites for hydroxylation is 1. The summed E-state index contributed by atoms with van der Waals surface area (Å²) in [6.45, 7) is 6.08. The minimum absolute atomic E-state index is 0.175. The lowest BCUT2D eigenvalue weighted by Crippen LogP contribution is -2.24. The standard InChI is InChI=1S/C18H23NO3S/c1-13(2)16-11-18(14(3)10-17(16)22-4)23(20,21)19-12-15-8-6-5-7-9-15/h5-11,13,19H,12H2,1-4H3. The van der Waals surface area contributed by atoms with Gasteiger partial charge in [-0.1, -0.05) is 44.2 Å². The molecule has 0 atom stereocenters. The lowest BCUT2D eigenvalue weighted by Gasteiger charge is -2.16. The Morgan fingerprint density at radius 1 is 1.13 bits per heavy atom. The third kappa shape index (κ3) is 4.12. The van der Waals surface area contributed by atoms with Gasteiger partial charge < -0.3 is 4.74 Å². The Bertz CT molecular complexity index is 768. The van der Waals surface area contributed by atoms with Crippen LogP contribution in [0.25, 0.3) is 0 Å². The molecule has 0 aliphatic carbocycles. The first-order chi connectivity index (χ1) is 10.8. The second-order valence-corrected chi connectivity index (χ2v) is 7.56. The summed E-state index contributed by atoms with van der Waals surface area (Å²) in [6.07, 6.45) is 0. The first-order valence-electron chi connectivity index (χ1n) is 7.57. The van der Waals surface area contributed by atoms with Crippen molar-refractivity contribution in [2.75, 3.05) is 7.11 Å². The fourth-order valence-electron chi connectivity index (χ4n) is 2.45.